The summed E-state index contributed by atoms with van der Waals surface area (Å²) in [6, 6.07) is 7.05. The van der Waals surface area contributed by atoms with E-state index < -0.39 is 16.0 Å². The Morgan fingerprint density at radius 3 is 2.14 bits per heavy atom. The Hall–Kier alpha value is -2.44. The Labute approximate surface area is 172 Å². The van der Waals surface area contributed by atoms with Crippen molar-refractivity contribution in [1.29, 1.82) is 5.26 Å². The minimum absolute atomic E-state index is 0.00793. The highest BCUT2D eigenvalue weighted by atomic mass is 32.2. The van der Waals surface area contributed by atoms with Crippen LogP contribution in [0.15, 0.2) is 29.2 Å². The van der Waals surface area contributed by atoms with Crippen LogP contribution in [0.2, 0.25) is 0 Å². The lowest BCUT2D eigenvalue weighted by molar-refractivity contribution is -0.135. The van der Waals surface area contributed by atoms with E-state index in [0.29, 0.717) is 24.9 Å². The number of ether oxygens (including phenoxy) is 1. The second-order valence-corrected chi connectivity index (χ2v) is 9.26. The third kappa shape index (κ3) is 8.62. The molecule has 9 heteroatoms. The zero-order valence-electron chi connectivity index (χ0n) is 17.3. The smallest absolute Gasteiger partial charge is 0.338 e. The Balaban J connectivity index is 2.70. The summed E-state index contributed by atoms with van der Waals surface area (Å²) < 4.78 is 31.5. The lowest BCUT2D eigenvalue weighted by Gasteiger charge is -2.26. The molecule has 0 aliphatic heterocycles. The molecular formula is C20H29N3O5S. The fourth-order valence-corrected chi connectivity index (χ4v) is 3.59. The number of carbonyl (C=O) groups excluding carboxylic acids is 2. The van der Waals surface area contributed by atoms with Crippen molar-refractivity contribution in [3.63, 3.8) is 0 Å². The summed E-state index contributed by atoms with van der Waals surface area (Å²) in [5.41, 5.74) is 0.146. The molecule has 0 heterocycles. The van der Waals surface area contributed by atoms with Crippen LogP contribution in [0.3, 0.4) is 0 Å². The van der Waals surface area contributed by atoms with E-state index in [9.17, 15) is 18.0 Å². The van der Waals surface area contributed by atoms with Gasteiger partial charge in [0, 0.05) is 26.1 Å². The van der Waals surface area contributed by atoms with Gasteiger partial charge in [-0.05, 0) is 36.1 Å². The van der Waals surface area contributed by atoms with Crippen molar-refractivity contribution in [3.8, 4) is 6.07 Å². The molecule has 0 bridgehead atoms. The quantitative estimate of drug-likeness (QED) is 0.431. The van der Waals surface area contributed by atoms with E-state index in [2.05, 4.69) is 4.72 Å². The highest BCUT2D eigenvalue weighted by Gasteiger charge is 2.19. The average Bonchev–Trinajstić information content (AvgIpc) is 2.64. The first-order valence-corrected chi connectivity index (χ1v) is 11.0. The highest BCUT2D eigenvalue weighted by Crippen LogP contribution is 2.12. The number of amides is 1. The molecule has 0 aliphatic carbocycles. The van der Waals surface area contributed by atoms with E-state index >= 15 is 0 Å². The fourth-order valence-electron chi connectivity index (χ4n) is 2.56. The lowest BCUT2D eigenvalue weighted by Crippen LogP contribution is -2.39. The van der Waals surface area contributed by atoms with Gasteiger partial charge in [-0.2, -0.15) is 5.26 Å². The lowest BCUT2D eigenvalue weighted by atomic mass is 10.1. The molecular weight excluding hydrogens is 394 g/mol. The second kappa shape index (κ2) is 11.5. The molecule has 0 unspecified atom stereocenters. The van der Waals surface area contributed by atoms with Crippen LogP contribution in [0.4, 0.5) is 0 Å². The van der Waals surface area contributed by atoms with Gasteiger partial charge in [0.15, 0.2) is 6.61 Å². The number of esters is 1. The van der Waals surface area contributed by atoms with Crippen molar-refractivity contribution in [3.05, 3.63) is 29.8 Å². The molecule has 0 saturated heterocycles. The number of nitrogens with one attached hydrogen (secondary N) is 1. The molecule has 0 saturated carbocycles. The maximum atomic E-state index is 12.4. The molecule has 0 spiro atoms. The van der Waals surface area contributed by atoms with Crippen LogP contribution in [0.5, 0.6) is 0 Å². The van der Waals surface area contributed by atoms with Gasteiger partial charge in [0.2, 0.25) is 10.0 Å². The summed E-state index contributed by atoms with van der Waals surface area (Å²) in [7, 11) is -3.75. The number of carbonyl (C=O) groups is 2. The first kappa shape index (κ1) is 24.6. The van der Waals surface area contributed by atoms with Crippen LogP contribution in [0.25, 0.3) is 0 Å². The fraction of sp³-hybridized carbons (Fsp3) is 0.550. The molecule has 160 valence electrons. The maximum absolute atomic E-state index is 12.4. The van der Waals surface area contributed by atoms with Crippen molar-refractivity contribution in [2.75, 3.05) is 26.2 Å². The first-order chi connectivity index (χ1) is 13.6. The molecule has 8 nitrogen and oxygen atoms in total. The minimum atomic E-state index is -3.75. The van der Waals surface area contributed by atoms with E-state index in [1.54, 1.807) is 4.90 Å². The molecule has 0 aromatic heterocycles. The van der Waals surface area contributed by atoms with Crippen molar-refractivity contribution in [2.45, 2.75) is 39.0 Å². The highest BCUT2D eigenvalue weighted by molar-refractivity contribution is 7.89. The van der Waals surface area contributed by atoms with Crippen LogP contribution in [-0.2, 0) is 19.6 Å². The number of nitriles is 1. The normalized spacial score (nSPS) is 11.3. The van der Waals surface area contributed by atoms with Crippen molar-refractivity contribution < 1.29 is 22.7 Å². The molecule has 1 rings (SSSR count). The van der Waals surface area contributed by atoms with Crippen LogP contribution < -0.4 is 4.72 Å². The van der Waals surface area contributed by atoms with E-state index in [4.69, 9.17) is 10.00 Å². The number of hydrogen-bond donors (Lipinski definition) is 1. The molecule has 1 amide bonds. The van der Waals surface area contributed by atoms with Crippen LogP contribution >= 0.6 is 0 Å². The van der Waals surface area contributed by atoms with Gasteiger partial charge in [-0.15, -0.1) is 0 Å². The monoisotopic (exact) mass is 423 g/mol. The minimum Gasteiger partial charge on any atom is -0.452 e. The predicted octanol–water partition coefficient (Wildman–Crippen LogP) is 2.18. The summed E-state index contributed by atoms with van der Waals surface area (Å²) in [6.45, 7) is 8.85. The second-order valence-electron chi connectivity index (χ2n) is 7.49. The molecule has 1 N–H and O–H groups in total. The molecule has 1 aromatic rings. The van der Waals surface area contributed by atoms with E-state index in [-0.39, 0.29) is 35.9 Å². The molecule has 0 fully saturated rings. The summed E-state index contributed by atoms with van der Waals surface area (Å²) in [5, 5.41) is 8.48. The number of rotatable bonds is 11. The number of sulfonamides is 1. The SMILES string of the molecule is CC(C)CN(CC(C)C)C(=O)COC(=O)c1ccc(S(=O)(=O)NCCC#N)cc1. The van der Waals surface area contributed by atoms with Crippen LogP contribution in [0, 0.1) is 23.2 Å². The zero-order chi connectivity index (χ0) is 22.0. The summed E-state index contributed by atoms with van der Waals surface area (Å²) >= 11 is 0. The molecule has 0 radical (unpaired) electrons. The van der Waals surface area contributed by atoms with Crippen LogP contribution in [-0.4, -0.2) is 51.4 Å². The third-order valence-corrected chi connectivity index (χ3v) is 5.26. The number of hydrogen-bond acceptors (Lipinski definition) is 6. The van der Waals surface area contributed by atoms with Gasteiger partial charge in [0.25, 0.3) is 5.91 Å². The Bertz CT molecular complexity index is 817. The summed E-state index contributed by atoms with van der Waals surface area (Å²) in [4.78, 5) is 26.3. The molecule has 0 aliphatic rings. The van der Waals surface area contributed by atoms with Crippen molar-refractivity contribution in [2.24, 2.45) is 11.8 Å². The zero-order valence-corrected chi connectivity index (χ0v) is 18.2. The third-order valence-electron chi connectivity index (χ3n) is 3.78. The summed E-state index contributed by atoms with van der Waals surface area (Å²) in [5.74, 6) is -0.371. The predicted molar refractivity (Wildman–Crippen MR) is 108 cm³/mol. The van der Waals surface area contributed by atoms with Gasteiger partial charge in [0.05, 0.1) is 16.5 Å². The van der Waals surface area contributed by atoms with Gasteiger partial charge in [0.1, 0.15) is 0 Å². The van der Waals surface area contributed by atoms with Crippen molar-refractivity contribution in [1.82, 2.24) is 9.62 Å². The first-order valence-electron chi connectivity index (χ1n) is 9.48. The molecule has 29 heavy (non-hydrogen) atoms. The van der Waals surface area contributed by atoms with E-state index in [1.165, 1.54) is 24.3 Å². The van der Waals surface area contributed by atoms with Gasteiger partial charge in [-0.3, -0.25) is 4.79 Å². The average molecular weight is 424 g/mol. The Morgan fingerprint density at radius 2 is 1.66 bits per heavy atom. The van der Waals surface area contributed by atoms with E-state index in [0.717, 1.165) is 0 Å². The maximum Gasteiger partial charge on any atom is 0.338 e. The largest absolute Gasteiger partial charge is 0.452 e. The van der Waals surface area contributed by atoms with Gasteiger partial charge < -0.3 is 9.64 Å². The van der Waals surface area contributed by atoms with Gasteiger partial charge in [-0.25, -0.2) is 17.9 Å². The number of benzene rings is 1. The van der Waals surface area contributed by atoms with E-state index in [1.807, 2.05) is 33.8 Å². The van der Waals surface area contributed by atoms with Gasteiger partial charge in [-0.1, -0.05) is 27.7 Å². The Morgan fingerprint density at radius 1 is 1.10 bits per heavy atom. The summed E-state index contributed by atoms with van der Waals surface area (Å²) in [6.07, 6.45) is 0.0578. The Kier molecular flexibility index (Phi) is 9.78. The standard InChI is InChI=1S/C20H29N3O5S/c1-15(2)12-23(13-16(3)4)19(24)14-28-20(25)17-6-8-18(9-7-17)29(26,27)22-11-5-10-21/h6-9,15-16,22H,5,11-14H2,1-4H3. The van der Waals surface area contributed by atoms with Crippen molar-refractivity contribution >= 4 is 21.9 Å². The number of nitrogens with zero attached hydrogens (tertiary/aromatic N) is 2. The molecule has 0 atom stereocenters. The molecule has 1 aromatic carbocycles. The van der Waals surface area contributed by atoms with Gasteiger partial charge >= 0.3 is 5.97 Å². The topological polar surface area (TPSA) is 117 Å². The van der Waals surface area contributed by atoms with Crippen LogP contribution in [0.1, 0.15) is 44.5 Å².